The first-order chi connectivity index (χ1) is 15.6. The van der Waals surface area contributed by atoms with E-state index in [1.54, 1.807) is 27.1 Å². The van der Waals surface area contributed by atoms with Gasteiger partial charge in [-0.15, -0.1) is 0 Å². The molecule has 1 aromatic carbocycles. The van der Waals surface area contributed by atoms with Crippen LogP contribution in [0.5, 0.6) is 0 Å². The van der Waals surface area contributed by atoms with Crippen LogP contribution < -0.4 is 5.73 Å². The van der Waals surface area contributed by atoms with Crippen molar-refractivity contribution in [1.82, 2.24) is 14.9 Å². The summed E-state index contributed by atoms with van der Waals surface area (Å²) in [6.07, 6.45) is 6.67. The third-order valence-electron chi connectivity index (χ3n) is 5.23. The lowest BCUT2D eigenvalue weighted by Crippen LogP contribution is -2.38. The molecule has 2 aromatic rings. The smallest absolute Gasteiger partial charge is 0.245 e. The summed E-state index contributed by atoms with van der Waals surface area (Å²) in [6.45, 7) is 1.74. The van der Waals surface area contributed by atoms with Crippen molar-refractivity contribution in [1.29, 1.82) is 5.26 Å². The first kappa shape index (κ1) is 24.1. The summed E-state index contributed by atoms with van der Waals surface area (Å²) in [5, 5.41) is 9.11. The second-order valence-electron chi connectivity index (χ2n) is 7.74. The number of carbonyl (C=O) groups excluding carboxylic acids is 1. The van der Waals surface area contributed by atoms with Crippen molar-refractivity contribution in [3.8, 4) is 6.07 Å². The number of likely N-dealkylation sites (N-methyl/N-ethyl adjacent to an activating group) is 1. The third kappa shape index (κ3) is 5.43. The molecule has 7 nitrogen and oxygen atoms in total. The zero-order valence-corrected chi connectivity index (χ0v) is 19.1. The van der Waals surface area contributed by atoms with Crippen molar-refractivity contribution in [3.63, 3.8) is 0 Å². The lowest BCUT2D eigenvalue weighted by Gasteiger charge is -2.36. The average molecular weight is 469 g/mol. The van der Waals surface area contributed by atoms with E-state index in [1.165, 1.54) is 53.2 Å². The van der Waals surface area contributed by atoms with E-state index in [2.05, 4.69) is 15.0 Å². The van der Waals surface area contributed by atoms with Gasteiger partial charge in [0.25, 0.3) is 0 Å². The molecule has 1 amide bonds. The highest BCUT2D eigenvalue weighted by Crippen LogP contribution is 2.42. The van der Waals surface area contributed by atoms with Gasteiger partial charge < -0.3 is 10.6 Å². The minimum absolute atomic E-state index is 0.0505. The van der Waals surface area contributed by atoms with E-state index in [0.29, 0.717) is 16.5 Å². The fourth-order valence-electron chi connectivity index (χ4n) is 3.28. The largest absolute Gasteiger partial charge is 0.379 e. The van der Waals surface area contributed by atoms with Gasteiger partial charge in [0.1, 0.15) is 17.6 Å². The number of nitrogens with zero attached hydrogens (tertiary/aromatic N) is 5. The molecule has 10 heteroatoms. The molecule has 33 heavy (non-hydrogen) atoms. The van der Waals surface area contributed by atoms with Crippen LogP contribution in [0.15, 0.2) is 47.7 Å². The highest BCUT2D eigenvalue weighted by atomic mass is 32.2. The predicted molar refractivity (Wildman–Crippen MR) is 125 cm³/mol. The maximum atomic E-state index is 15.0. The number of thioether (sulfide) groups is 1. The molecule has 1 aliphatic rings. The van der Waals surface area contributed by atoms with Gasteiger partial charge in [-0.3, -0.25) is 9.79 Å². The monoisotopic (exact) mass is 468 g/mol. The summed E-state index contributed by atoms with van der Waals surface area (Å²) in [4.78, 5) is 25.7. The van der Waals surface area contributed by atoms with Crippen LogP contribution in [0.1, 0.15) is 29.4 Å². The van der Waals surface area contributed by atoms with Gasteiger partial charge in [-0.2, -0.15) is 5.26 Å². The summed E-state index contributed by atoms with van der Waals surface area (Å²) in [5.74, 6) is -1.24. The number of rotatable bonds is 5. The van der Waals surface area contributed by atoms with Gasteiger partial charge in [0.2, 0.25) is 5.91 Å². The number of carbonyl (C=O) groups is 1. The third-order valence-corrected chi connectivity index (χ3v) is 6.14. The van der Waals surface area contributed by atoms with E-state index < -0.39 is 17.2 Å². The fraction of sp³-hybridized carbons (Fsp3) is 0.261. The van der Waals surface area contributed by atoms with Gasteiger partial charge >= 0.3 is 0 Å². The molecule has 0 saturated heterocycles. The molecule has 2 N–H and O–H groups in total. The summed E-state index contributed by atoms with van der Waals surface area (Å²) < 4.78 is 29.7. The molecule has 0 radical (unpaired) electrons. The average Bonchev–Trinajstić information content (AvgIpc) is 2.79. The second-order valence-corrected chi connectivity index (χ2v) is 8.78. The van der Waals surface area contributed by atoms with E-state index in [0.717, 1.165) is 6.20 Å². The number of aromatic nitrogens is 2. The lowest BCUT2D eigenvalue weighted by molar-refractivity contribution is -0.123. The lowest BCUT2D eigenvalue weighted by atomic mass is 9.79. The summed E-state index contributed by atoms with van der Waals surface area (Å²) in [7, 11) is 3.28. The molecule has 2 heterocycles. The van der Waals surface area contributed by atoms with E-state index in [9.17, 15) is 13.6 Å². The van der Waals surface area contributed by atoms with E-state index in [-0.39, 0.29) is 28.8 Å². The molecular formula is C23H22F2N6OS. The van der Waals surface area contributed by atoms with E-state index >= 15 is 0 Å². The first-order valence-electron chi connectivity index (χ1n) is 9.91. The number of amides is 1. The van der Waals surface area contributed by atoms with Crippen molar-refractivity contribution >= 4 is 34.7 Å². The van der Waals surface area contributed by atoms with Crippen LogP contribution in [0.3, 0.4) is 0 Å². The van der Waals surface area contributed by atoms with Gasteiger partial charge in [-0.1, -0.05) is 23.9 Å². The molecule has 0 unspecified atom stereocenters. The van der Waals surface area contributed by atoms with Gasteiger partial charge in [0, 0.05) is 31.3 Å². The number of hydrogen-bond acceptors (Lipinski definition) is 7. The van der Waals surface area contributed by atoms with Gasteiger partial charge in [0.05, 0.1) is 17.9 Å². The Hall–Kier alpha value is -3.58. The predicted octanol–water partition coefficient (Wildman–Crippen LogP) is 3.49. The van der Waals surface area contributed by atoms with Crippen molar-refractivity contribution < 1.29 is 13.6 Å². The topological polar surface area (TPSA) is 108 Å². The van der Waals surface area contributed by atoms with E-state index in [4.69, 9.17) is 11.0 Å². The maximum absolute atomic E-state index is 15.0. The Balaban J connectivity index is 2.01. The second kappa shape index (κ2) is 9.92. The van der Waals surface area contributed by atoms with E-state index in [1.807, 2.05) is 6.07 Å². The van der Waals surface area contributed by atoms with Crippen molar-refractivity contribution in [3.05, 3.63) is 71.1 Å². The number of benzene rings is 1. The first-order valence-corrected chi connectivity index (χ1v) is 10.9. The minimum atomic E-state index is -1.10. The molecule has 0 bridgehead atoms. The molecule has 0 aliphatic carbocycles. The zero-order valence-electron chi connectivity index (χ0n) is 18.3. The van der Waals surface area contributed by atoms with Crippen molar-refractivity contribution in [2.24, 2.45) is 16.6 Å². The minimum Gasteiger partial charge on any atom is -0.379 e. The summed E-state index contributed by atoms with van der Waals surface area (Å²) in [5.41, 5.74) is 5.50. The molecular weight excluding hydrogens is 446 g/mol. The van der Waals surface area contributed by atoms with Crippen LogP contribution in [-0.4, -0.2) is 45.8 Å². The SMILES string of the molecule is CN(C)C(=O)/C=C/[C@@H]1CSC(N)=N[C@]1(C)c1cc(/C=C(\F)c2cnc(C#N)cn2)ccc1F. The van der Waals surface area contributed by atoms with Crippen molar-refractivity contribution in [2.75, 3.05) is 19.8 Å². The number of aliphatic imine (C=N–C) groups is 1. The highest BCUT2D eigenvalue weighted by Gasteiger charge is 2.39. The molecule has 2 atom stereocenters. The quantitative estimate of drug-likeness (QED) is 0.673. The molecule has 0 spiro atoms. The van der Waals surface area contributed by atoms with Crippen LogP contribution in [0.2, 0.25) is 0 Å². The Labute approximate surface area is 194 Å². The van der Waals surface area contributed by atoms with Crippen LogP contribution in [0.4, 0.5) is 8.78 Å². The molecule has 1 aliphatic heterocycles. The number of halogens is 2. The number of amidine groups is 1. The summed E-state index contributed by atoms with van der Waals surface area (Å²) in [6, 6.07) is 6.00. The Morgan fingerprint density at radius 3 is 2.76 bits per heavy atom. The van der Waals surface area contributed by atoms with Gasteiger partial charge in [0.15, 0.2) is 16.7 Å². The Kier molecular flexibility index (Phi) is 7.23. The molecule has 3 rings (SSSR count). The Morgan fingerprint density at radius 1 is 1.36 bits per heavy atom. The maximum Gasteiger partial charge on any atom is 0.245 e. The van der Waals surface area contributed by atoms with Crippen LogP contribution >= 0.6 is 11.8 Å². The highest BCUT2D eigenvalue weighted by molar-refractivity contribution is 8.13. The Morgan fingerprint density at radius 2 is 2.12 bits per heavy atom. The van der Waals surface area contributed by atoms with Crippen LogP contribution in [0.25, 0.3) is 11.9 Å². The standard InChI is InChI=1S/C23H22F2N6OS/c1-23(15(13-33-22(27)30-23)5-7-21(32)31(2)3)17-8-14(4-6-18(17)24)9-19(25)20-12-28-16(10-26)11-29-20/h4-9,11-12,15H,13H2,1-3H3,(H2,27,30)/b7-5+,19-9-/t15-,23+/m1/s1. The van der Waals surface area contributed by atoms with Crippen LogP contribution in [-0.2, 0) is 10.3 Å². The molecule has 170 valence electrons. The van der Waals surface area contributed by atoms with Crippen molar-refractivity contribution in [2.45, 2.75) is 12.5 Å². The Bertz CT molecular complexity index is 1190. The van der Waals surface area contributed by atoms with Gasteiger partial charge in [-0.25, -0.2) is 18.7 Å². The number of hydrogen-bond donors (Lipinski definition) is 1. The zero-order chi connectivity index (χ0) is 24.2. The normalized spacial score (nSPS) is 20.9. The van der Waals surface area contributed by atoms with Crippen LogP contribution in [0, 0.1) is 23.1 Å². The molecule has 1 aromatic heterocycles. The number of nitrogens with two attached hydrogens (primary N) is 1. The summed E-state index contributed by atoms with van der Waals surface area (Å²) >= 11 is 1.32. The molecule has 0 fully saturated rings. The number of nitriles is 1. The molecule has 0 saturated carbocycles. The fourth-order valence-corrected chi connectivity index (χ4v) is 4.32. The van der Waals surface area contributed by atoms with Gasteiger partial charge in [-0.05, 0) is 36.8 Å².